The summed E-state index contributed by atoms with van der Waals surface area (Å²) >= 11 is 0. The smallest absolute Gasteiger partial charge is 0.0468 e. The minimum atomic E-state index is 1.08. The lowest BCUT2D eigenvalue weighted by Crippen LogP contribution is -2.12. The summed E-state index contributed by atoms with van der Waals surface area (Å²) in [5.41, 5.74) is 14.5. The first-order valence-corrected chi connectivity index (χ1v) is 17.3. The molecule has 0 spiro atoms. The molecule has 1 aliphatic carbocycles. The second-order valence-corrected chi connectivity index (χ2v) is 12.8. The number of benzene rings is 8. The predicted molar refractivity (Wildman–Crippen MR) is 217 cm³/mol. The van der Waals surface area contributed by atoms with Crippen molar-refractivity contribution in [2.75, 3.05) is 9.80 Å². The van der Waals surface area contributed by atoms with Crippen molar-refractivity contribution >= 4 is 61.2 Å². The molecular formula is C49H34N2. The Labute approximate surface area is 298 Å². The van der Waals surface area contributed by atoms with Crippen LogP contribution in [0, 0.1) is 0 Å². The molecule has 0 aliphatic heterocycles. The molecule has 240 valence electrons. The molecule has 0 unspecified atom stereocenters. The molecule has 9 rings (SSSR count). The molecule has 0 radical (unpaired) electrons. The highest BCUT2D eigenvalue weighted by molar-refractivity contribution is 5.93. The number of hydrogen-bond donors (Lipinski definition) is 0. The topological polar surface area (TPSA) is 6.48 Å². The summed E-state index contributed by atoms with van der Waals surface area (Å²) in [4.78, 5) is 4.68. The first-order valence-electron chi connectivity index (χ1n) is 17.3. The van der Waals surface area contributed by atoms with Crippen molar-refractivity contribution in [2.24, 2.45) is 0 Å². The van der Waals surface area contributed by atoms with Crippen LogP contribution in [0.4, 0.5) is 34.1 Å². The zero-order valence-electron chi connectivity index (χ0n) is 28.0. The van der Waals surface area contributed by atoms with Crippen LogP contribution in [0.1, 0.15) is 5.56 Å². The number of fused-ring (bicyclic) bond motifs is 2. The second kappa shape index (κ2) is 13.2. The van der Waals surface area contributed by atoms with Gasteiger partial charge in [-0.1, -0.05) is 115 Å². The van der Waals surface area contributed by atoms with Crippen molar-refractivity contribution in [2.45, 2.75) is 0 Å². The molecule has 0 saturated heterocycles. The van der Waals surface area contributed by atoms with E-state index >= 15 is 0 Å². The zero-order valence-corrected chi connectivity index (χ0v) is 28.0. The number of anilines is 6. The molecule has 0 fully saturated rings. The van der Waals surface area contributed by atoms with Crippen molar-refractivity contribution in [1.82, 2.24) is 0 Å². The van der Waals surface area contributed by atoms with Crippen LogP contribution in [0.25, 0.3) is 38.2 Å². The lowest BCUT2D eigenvalue weighted by molar-refractivity contribution is 1.26. The van der Waals surface area contributed by atoms with Gasteiger partial charge in [0.2, 0.25) is 0 Å². The molecule has 51 heavy (non-hydrogen) atoms. The van der Waals surface area contributed by atoms with Gasteiger partial charge in [0, 0.05) is 34.1 Å². The Kier molecular flexibility index (Phi) is 7.83. The van der Waals surface area contributed by atoms with Crippen molar-refractivity contribution in [3.05, 3.63) is 218 Å². The van der Waals surface area contributed by atoms with E-state index in [-0.39, 0.29) is 0 Å². The molecule has 8 aromatic carbocycles. The fraction of sp³-hybridized carbons (Fsp3) is 0. The van der Waals surface area contributed by atoms with Crippen molar-refractivity contribution in [1.29, 1.82) is 0 Å². The average molecular weight is 651 g/mol. The van der Waals surface area contributed by atoms with Gasteiger partial charge in [-0.25, -0.2) is 0 Å². The SMILES string of the molecule is C1=CC=C(c2ccc(N(c3ccc(-c4ccccc4)cc3)c3ccc(N(c4ccc5ccccc5c4)c4ccc5ccccc5c4)cc3)cc2)C=1. The van der Waals surface area contributed by atoms with E-state index in [1.54, 1.807) is 0 Å². The van der Waals surface area contributed by atoms with Crippen LogP contribution in [-0.4, -0.2) is 0 Å². The van der Waals surface area contributed by atoms with E-state index in [9.17, 15) is 0 Å². The summed E-state index contributed by atoms with van der Waals surface area (Å²) in [6.07, 6.45) is 6.10. The van der Waals surface area contributed by atoms with Crippen LogP contribution in [-0.2, 0) is 0 Å². The molecule has 0 aromatic heterocycles. The Bertz CT molecular complexity index is 2510. The van der Waals surface area contributed by atoms with Crippen LogP contribution >= 0.6 is 0 Å². The number of rotatable bonds is 8. The monoisotopic (exact) mass is 650 g/mol. The van der Waals surface area contributed by atoms with Gasteiger partial charge < -0.3 is 9.80 Å². The van der Waals surface area contributed by atoms with Gasteiger partial charge in [-0.3, -0.25) is 0 Å². The van der Waals surface area contributed by atoms with Crippen LogP contribution in [0.2, 0.25) is 0 Å². The van der Waals surface area contributed by atoms with E-state index in [1.165, 1.54) is 43.8 Å². The number of allylic oxidation sites excluding steroid dienone is 3. The van der Waals surface area contributed by atoms with E-state index in [0.29, 0.717) is 0 Å². The molecule has 8 aromatic rings. The molecular weight excluding hydrogens is 617 g/mol. The van der Waals surface area contributed by atoms with Crippen molar-refractivity contribution in [3.63, 3.8) is 0 Å². The largest absolute Gasteiger partial charge is 0.311 e. The van der Waals surface area contributed by atoms with Gasteiger partial charge in [-0.2, -0.15) is 0 Å². The van der Waals surface area contributed by atoms with Gasteiger partial charge in [-0.15, -0.1) is 5.73 Å². The van der Waals surface area contributed by atoms with E-state index in [1.807, 2.05) is 12.2 Å². The molecule has 0 N–H and O–H groups in total. The van der Waals surface area contributed by atoms with E-state index in [0.717, 1.165) is 34.1 Å². The third-order valence-corrected chi connectivity index (χ3v) is 9.64. The van der Waals surface area contributed by atoms with Gasteiger partial charge in [0.15, 0.2) is 0 Å². The molecule has 1 aliphatic rings. The van der Waals surface area contributed by atoms with E-state index in [2.05, 4.69) is 210 Å². The maximum absolute atomic E-state index is 3.18. The molecule has 0 saturated carbocycles. The maximum atomic E-state index is 3.18. The van der Waals surface area contributed by atoms with Crippen molar-refractivity contribution in [3.8, 4) is 11.1 Å². The highest BCUT2D eigenvalue weighted by Gasteiger charge is 2.17. The van der Waals surface area contributed by atoms with Gasteiger partial charge in [0.05, 0.1) is 0 Å². The summed E-state index contributed by atoms with van der Waals surface area (Å²) in [6.45, 7) is 0. The summed E-state index contributed by atoms with van der Waals surface area (Å²) in [6, 6.07) is 67.7. The Balaban J connectivity index is 1.13. The minimum absolute atomic E-state index is 1.08. The Hall–Kier alpha value is -6.86. The van der Waals surface area contributed by atoms with Gasteiger partial charge >= 0.3 is 0 Å². The fourth-order valence-corrected chi connectivity index (χ4v) is 7.02. The van der Waals surface area contributed by atoms with Gasteiger partial charge in [0.25, 0.3) is 0 Å². The summed E-state index contributed by atoms with van der Waals surface area (Å²) in [7, 11) is 0. The molecule has 0 atom stereocenters. The van der Waals surface area contributed by atoms with Gasteiger partial charge in [0.1, 0.15) is 0 Å². The molecule has 2 heteroatoms. The first-order chi connectivity index (χ1) is 25.3. The third-order valence-electron chi connectivity index (χ3n) is 9.64. The normalized spacial score (nSPS) is 12.0. The summed E-state index contributed by atoms with van der Waals surface area (Å²) in [5, 5.41) is 4.88. The molecule has 0 heterocycles. The van der Waals surface area contributed by atoms with E-state index in [4.69, 9.17) is 0 Å². The highest BCUT2D eigenvalue weighted by Crippen LogP contribution is 2.41. The maximum Gasteiger partial charge on any atom is 0.0468 e. The van der Waals surface area contributed by atoms with Crippen LogP contribution in [0.3, 0.4) is 0 Å². The van der Waals surface area contributed by atoms with Crippen LogP contribution in [0.15, 0.2) is 212 Å². The Morgan fingerprint density at radius 3 is 1.20 bits per heavy atom. The van der Waals surface area contributed by atoms with Crippen LogP contribution < -0.4 is 9.80 Å². The van der Waals surface area contributed by atoms with Crippen molar-refractivity contribution < 1.29 is 0 Å². The predicted octanol–water partition coefficient (Wildman–Crippen LogP) is 13.7. The number of nitrogens with zero attached hydrogens (tertiary/aromatic N) is 2. The molecule has 0 bridgehead atoms. The molecule has 0 amide bonds. The molecule has 2 nitrogen and oxygen atoms in total. The summed E-state index contributed by atoms with van der Waals surface area (Å²) < 4.78 is 0. The average Bonchev–Trinajstić information content (AvgIpc) is 3.75. The summed E-state index contributed by atoms with van der Waals surface area (Å²) in [5.74, 6) is 0. The Morgan fingerprint density at radius 1 is 0.314 bits per heavy atom. The standard InChI is InChI=1S/C49H34N2/c1-2-10-36(11-3-1)40-18-24-44(25-19-40)50(45-26-20-41(21-27-45)37-12-4-5-13-37)46-30-32-47(33-31-46)51(48-28-22-38-14-6-8-16-42(38)34-48)49-29-23-39-15-7-9-17-43(39)35-49/h1-4,6-35H. The quantitative estimate of drug-likeness (QED) is 0.151. The second-order valence-electron chi connectivity index (χ2n) is 12.8. The van der Waals surface area contributed by atoms with Crippen LogP contribution in [0.5, 0.6) is 0 Å². The number of hydrogen-bond acceptors (Lipinski definition) is 2. The minimum Gasteiger partial charge on any atom is -0.311 e. The zero-order chi connectivity index (χ0) is 34.0. The lowest BCUT2D eigenvalue weighted by Gasteiger charge is -2.29. The third kappa shape index (κ3) is 6.02. The highest BCUT2D eigenvalue weighted by atomic mass is 15.2. The lowest BCUT2D eigenvalue weighted by atomic mass is 10.0. The van der Waals surface area contributed by atoms with E-state index < -0.39 is 0 Å². The van der Waals surface area contributed by atoms with Gasteiger partial charge in [-0.05, 0) is 135 Å². The Morgan fingerprint density at radius 2 is 0.706 bits per heavy atom. The fourth-order valence-electron chi connectivity index (χ4n) is 7.02. The first kappa shape index (κ1) is 30.2.